The lowest BCUT2D eigenvalue weighted by atomic mass is 10.0. The van der Waals surface area contributed by atoms with Gasteiger partial charge in [0.05, 0.1) is 32.0 Å². The van der Waals surface area contributed by atoms with Gasteiger partial charge in [0.1, 0.15) is 17.7 Å². The zero-order chi connectivity index (χ0) is 30.2. The van der Waals surface area contributed by atoms with Gasteiger partial charge in [-0.15, -0.1) is 0 Å². The third-order valence-corrected chi connectivity index (χ3v) is 7.30. The van der Waals surface area contributed by atoms with Gasteiger partial charge in [0.25, 0.3) is 0 Å². The van der Waals surface area contributed by atoms with Crippen LogP contribution in [0.5, 0.6) is 5.75 Å². The maximum Gasteiger partial charge on any atom is 0.321 e. The summed E-state index contributed by atoms with van der Waals surface area (Å²) in [6.07, 6.45) is -0.283. The van der Waals surface area contributed by atoms with Crippen LogP contribution in [0.4, 0.5) is 20.6 Å². The van der Waals surface area contributed by atoms with Crippen LogP contribution in [0.15, 0.2) is 72.8 Å². The van der Waals surface area contributed by atoms with Gasteiger partial charge in [0.15, 0.2) is 0 Å². The molecule has 0 aromatic heterocycles. The number of ether oxygens (including phenoxy) is 1. The molecule has 10 heteroatoms. The Morgan fingerprint density at radius 1 is 1.07 bits per heavy atom. The molecule has 3 N–H and O–H groups in total. The molecule has 0 unspecified atom stereocenters. The number of carbonyl (C=O) groups excluding carboxylic acids is 3. The Kier molecular flexibility index (Phi) is 10.1. The molecule has 0 spiro atoms. The zero-order valence-electron chi connectivity index (χ0n) is 24.0. The molecule has 3 aromatic rings. The number of amides is 4. The van der Waals surface area contributed by atoms with E-state index in [0.717, 1.165) is 5.56 Å². The molecule has 42 heavy (non-hydrogen) atoms. The first kappa shape index (κ1) is 30.5. The van der Waals surface area contributed by atoms with E-state index in [1.54, 1.807) is 37.1 Å². The number of nitrogens with one attached hydrogen (secondary N) is 2. The molecule has 3 aromatic carbocycles. The maximum absolute atomic E-state index is 13.4. The van der Waals surface area contributed by atoms with Crippen molar-refractivity contribution in [1.82, 2.24) is 9.80 Å². The van der Waals surface area contributed by atoms with Gasteiger partial charge in [-0.2, -0.15) is 0 Å². The number of benzene rings is 3. The molecule has 0 fully saturated rings. The second kappa shape index (κ2) is 14.0. The molecule has 1 aliphatic rings. The molecule has 4 rings (SSSR count). The first-order valence-corrected chi connectivity index (χ1v) is 13.9. The summed E-state index contributed by atoms with van der Waals surface area (Å²) in [5.74, 6) is -0.494. The summed E-state index contributed by atoms with van der Waals surface area (Å²) in [4.78, 5) is 42.2. The van der Waals surface area contributed by atoms with Gasteiger partial charge in [-0.25, -0.2) is 9.18 Å². The van der Waals surface area contributed by atoms with E-state index >= 15 is 0 Å². The molecular formula is C32H37FN4O5. The predicted molar refractivity (Wildman–Crippen MR) is 159 cm³/mol. The number of anilines is 2. The zero-order valence-corrected chi connectivity index (χ0v) is 24.0. The lowest BCUT2D eigenvalue weighted by Crippen LogP contribution is -2.48. The van der Waals surface area contributed by atoms with E-state index in [1.807, 2.05) is 37.3 Å². The van der Waals surface area contributed by atoms with Crippen molar-refractivity contribution in [3.8, 4) is 5.75 Å². The summed E-state index contributed by atoms with van der Waals surface area (Å²) in [5, 5.41) is 15.5. The van der Waals surface area contributed by atoms with Crippen LogP contribution in [-0.4, -0.2) is 71.6 Å². The highest BCUT2D eigenvalue weighted by atomic mass is 19.1. The number of likely N-dealkylation sites (N-methyl/N-ethyl adjacent to an activating group) is 1. The number of hydrogen-bond acceptors (Lipinski definition) is 5. The molecular weight excluding hydrogens is 539 g/mol. The number of halogens is 1. The first-order chi connectivity index (χ1) is 20.1. The molecule has 1 aliphatic heterocycles. The minimum Gasteiger partial charge on any atom is -0.488 e. The number of fused-ring (bicyclic) bond motifs is 1. The second-order valence-electron chi connectivity index (χ2n) is 10.7. The van der Waals surface area contributed by atoms with Crippen molar-refractivity contribution < 1.29 is 28.6 Å². The molecule has 0 bridgehead atoms. The molecule has 222 valence electrons. The number of aliphatic hydroxyl groups excluding tert-OH is 1. The second-order valence-corrected chi connectivity index (χ2v) is 10.7. The number of urea groups is 1. The van der Waals surface area contributed by atoms with Crippen LogP contribution in [0.25, 0.3) is 0 Å². The first-order valence-electron chi connectivity index (χ1n) is 13.9. The van der Waals surface area contributed by atoms with Crippen LogP contribution in [-0.2, 0) is 22.4 Å². The number of nitrogens with zero attached hydrogens (tertiary/aromatic N) is 2. The van der Waals surface area contributed by atoms with Crippen LogP contribution >= 0.6 is 0 Å². The fourth-order valence-electron chi connectivity index (χ4n) is 4.82. The van der Waals surface area contributed by atoms with Gasteiger partial charge in [0, 0.05) is 36.4 Å². The smallest absolute Gasteiger partial charge is 0.321 e. The summed E-state index contributed by atoms with van der Waals surface area (Å²) < 4.78 is 19.7. The minimum atomic E-state index is -0.509. The van der Waals surface area contributed by atoms with E-state index in [1.165, 1.54) is 29.2 Å². The van der Waals surface area contributed by atoms with E-state index in [4.69, 9.17) is 4.74 Å². The minimum absolute atomic E-state index is 0.0163. The molecule has 0 aliphatic carbocycles. The SMILES string of the molecule is C[C@@H]1CN([C@H](C)CO)C(=O)Cc2cc(NC(=O)Cc3ccccc3)ccc2O[C@@H]1CN(C)C(=O)Nc1ccc(F)cc1. The maximum atomic E-state index is 13.4. The number of carbonyl (C=O) groups is 3. The van der Waals surface area contributed by atoms with Crippen LogP contribution in [0.2, 0.25) is 0 Å². The van der Waals surface area contributed by atoms with E-state index < -0.39 is 24.0 Å². The van der Waals surface area contributed by atoms with E-state index in [0.29, 0.717) is 29.2 Å². The van der Waals surface area contributed by atoms with Crippen molar-refractivity contribution in [3.63, 3.8) is 0 Å². The molecule has 4 amide bonds. The average molecular weight is 577 g/mol. The Morgan fingerprint density at radius 2 is 1.76 bits per heavy atom. The highest BCUT2D eigenvalue weighted by Crippen LogP contribution is 2.29. The Morgan fingerprint density at radius 3 is 2.45 bits per heavy atom. The molecule has 0 saturated carbocycles. The Labute approximate surface area is 245 Å². The highest BCUT2D eigenvalue weighted by Gasteiger charge is 2.32. The summed E-state index contributed by atoms with van der Waals surface area (Å²) in [6.45, 7) is 4.02. The van der Waals surface area contributed by atoms with Crippen molar-refractivity contribution in [2.75, 3.05) is 37.4 Å². The molecule has 1 heterocycles. The van der Waals surface area contributed by atoms with Crippen molar-refractivity contribution in [1.29, 1.82) is 0 Å². The van der Waals surface area contributed by atoms with E-state index in [-0.39, 0.29) is 43.7 Å². The summed E-state index contributed by atoms with van der Waals surface area (Å²) >= 11 is 0. The average Bonchev–Trinajstić information content (AvgIpc) is 3.01. The molecule has 0 saturated heterocycles. The topological polar surface area (TPSA) is 111 Å². The van der Waals surface area contributed by atoms with Gasteiger partial charge in [0.2, 0.25) is 11.8 Å². The van der Waals surface area contributed by atoms with E-state index in [2.05, 4.69) is 10.6 Å². The van der Waals surface area contributed by atoms with Crippen LogP contribution in [0.3, 0.4) is 0 Å². The van der Waals surface area contributed by atoms with Gasteiger partial charge >= 0.3 is 6.03 Å². The summed E-state index contributed by atoms with van der Waals surface area (Å²) in [6, 6.07) is 19.3. The molecule has 0 radical (unpaired) electrons. The third kappa shape index (κ3) is 8.07. The molecule has 3 atom stereocenters. The Bertz CT molecular complexity index is 1390. The quantitative estimate of drug-likeness (QED) is 0.370. The molecule has 9 nitrogen and oxygen atoms in total. The lowest BCUT2D eigenvalue weighted by Gasteiger charge is -2.34. The third-order valence-electron chi connectivity index (χ3n) is 7.30. The monoisotopic (exact) mass is 576 g/mol. The largest absolute Gasteiger partial charge is 0.488 e. The van der Waals surface area contributed by atoms with Crippen molar-refractivity contribution in [2.45, 2.75) is 38.8 Å². The lowest BCUT2D eigenvalue weighted by molar-refractivity contribution is -0.134. The highest BCUT2D eigenvalue weighted by molar-refractivity contribution is 5.93. The predicted octanol–water partition coefficient (Wildman–Crippen LogP) is 4.32. The van der Waals surface area contributed by atoms with Gasteiger partial charge < -0.3 is 30.3 Å². The fourth-order valence-corrected chi connectivity index (χ4v) is 4.82. The standard InChI is InChI=1S/C32H37FN4O5/c1-21-18-37(22(2)20-38)31(40)17-24-16-27(34-30(39)15-23-7-5-4-6-8-23)13-14-28(24)42-29(21)19-36(3)32(41)35-26-11-9-25(33)10-12-26/h4-14,16,21-22,29,38H,15,17-20H2,1-3H3,(H,34,39)(H,35,41)/t21-,22-,29-/m1/s1. The van der Waals surface area contributed by atoms with Crippen LogP contribution in [0, 0.1) is 11.7 Å². The van der Waals surface area contributed by atoms with Gasteiger partial charge in [-0.1, -0.05) is 37.3 Å². The normalized spacial score (nSPS) is 17.5. The summed E-state index contributed by atoms with van der Waals surface area (Å²) in [7, 11) is 1.63. The van der Waals surface area contributed by atoms with Crippen LogP contribution in [0.1, 0.15) is 25.0 Å². The van der Waals surface area contributed by atoms with E-state index in [9.17, 15) is 23.9 Å². The number of rotatable bonds is 8. The van der Waals surface area contributed by atoms with Gasteiger partial charge in [-0.3, -0.25) is 9.59 Å². The number of aliphatic hydroxyl groups is 1. The number of hydrogen-bond donors (Lipinski definition) is 3. The Hall–Kier alpha value is -4.44. The van der Waals surface area contributed by atoms with Crippen molar-refractivity contribution in [2.24, 2.45) is 5.92 Å². The fraction of sp³-hybridized carbons (Fsp3) is 0.344. The van der Waals surface area contributed by atoms with Gasteiger partial charge in [-0.05, 0) is 55.0 Å². The summed E-state index contributed by atoms with van der Waals surface area (Å²) in [5.41, 5.74) is 2.46. The van der Waals surface area contributed by atoms with Crippen molar-refractivity contribution in [3.05, 3.63) is 89.7 Å². The van der Waals surface area contributed by atoms with Crippen LogP contribution < -0.4 is 15.4 Å². The van der Waals surface area contributed by atoms with Crippen molar-refractivity contribution >= 4 is 29.2 Å². The Balaban J connectivity index is 1.55.